The Morgan fingerprint density at radius 2 is 1.89 bits per heavy atom. The van der Waals surface area contributed by atoms with Crippen molar-refractivity contribution >= 4 is 5.82 Å². The first-order valence-electron chi connectivity index (χ1n) is 5.85. The topological polar surface area (TPSA) is 89.9 Å². The molecule has 0 aliphatic heterocycles. The van der Waals surface area contributed by atoms with E-state index in [1.807, 2.05) is 27.7 Å². The lowest BCUT2D eigenvalue weighted by Crippen LogP contribution is -2.13. The molecule has 2 aromatic heterocycles. The Bertz CT molecular complexity index is 557. The fourth-order valence-corrected chi connectivity index (χ4v) is 2.05. The molecule has 0 radical (unpaired) electrons. The normalized spacial score (nSPS) is 10.7. The molecule has 0 bridgehead atoms. The highest BCUT2D eigenvalue weighted by atomic mass is 16.5. The Labute approximate surface area is 106 Å². The van der Waals surface area contributed by atoms with E-state index in [9.17, 15) is 0 Å². The van der Waals surface area contributed by atoms with Gasteiger partial charge in [-0.05, 0) is 27.2 Å². The highest BCUT2D eigenvalue weighted by molar-refractivity contribution is 5.63. The predicted octanol–water partition coefficient (Wildman–Crippen LogP) is 1.90. The van der Waals surface area contributed by atoms with Gasteiger partial charge < -0.3 is 9.95 Å². The quantitative estimate of drug-likeness (QED) is 0.636. The molecule has 0 spiro atoms. The summed E-state index contributed by atoms with van der Waals surface area (Å²) in [6.45, 7) is 7.70. The molecule has 0 fully saturated rings. The van der Waals surface area contributed by atoms with Gasteiger partial charge in [0, 0.05) is 11.3 Å². The lowest BCUT2D eigenvalue weighted by Gasteiger charge is -2.11. The molecule has 0 atom stereocenters. The molecular weight excluding hydrogens is 230 g/mol. The summed E-state index contributed by atoms with van der Waals surface area (Å²) >= 11 is 0. The Morgan fingerprint density at radius 1 is 1.17 bits per heavy atom. The van der Waals surface area contributed by atoms with Crippen molar-refractivity contribution in [3.8, 4) is 11.4 Å². The number of nitrogens with two attached hydrogens (primary N) is 1. The first kappa shape index (κ1) is 12.5. The second kappa shape index (κ2) is 4.73. The van der Waals surface area contributed by atoms with Crippen LogP contribution < -0.4 is 11.3 Å². The third kappa shape index (κ3) is 1.95. The van der Waals surface area contributed by atoms with Gasteiger partial charge in [-0.1, -0.05) is 12.1 Å². The summed E-state index contributed by atoms with van der Waals surface area (Å²) < 4.78 is 5.14. The summed E-state index contributed by atoms with van der Waals surface area (Å²) in [5.41, 5.74) is 6.17. The maximum atomic E-state index is 5.51. The minimum atomic E-state index is 0.592. The van der Waals surface area contributed by atoms with E-state index < -0.39 is 0 Å². The number of nitrogens with one attached hydrogen (secondary N) is 1. The van der Waals surface area contributed by atoms with E-state index in [-0.39, 0.29) is 0 Å². The van der Waals surface area contributed by atoms with E-state index in [4.69, 9.17) is 10.4 Å². The van der Waals surface area contributed by atoms with Crippen LogP contribution in [0.25, 0.3) is 11.4 Å². The van der Waals surface area contributed by atoms with Crippen molar-refractivity contribution in [3.05, 3.63) is 22.7 Å². The van der Waals surface area contributed by atoms with Crippen LogP contribution in [0.2, 0.25) is 0 Å². The number of hydrogen-bond acceptors (Lipinski definition) is 6. The van der Waals surface area contributed by atoms with E-state index in [2.05, 4.69) is 20.6 Å². The average Bonchev–Trinajstić information content (AvgIpc) is 2.68. The molecule has 0 aliphatic rings. The number of hydrogen-bond donors (Lipinski definition) is 2. The van der Waals surface area contributed by atoms with Gasteiger partial charge in [0.1, 0.15) is 11.6 Å². The molecule has 2 aromatic rings. The molecule has 0 amide bonds. The summed E-state index contributed by atoms with van der Waals surface area (Å²) in [6.07, 6.45) is 0.827. The summed E-state index contributed by atoms with van der Waals surface area (Å²) in [5, 5.41) is 3.91. The van der Waals surface area contributed by atoms with Crippen molar-refractivity contribution in [2.45, 2.75) is 34.1 Å². The largest absolute Gasteiger partial charge is 0.361 e. The maximum Gasteiger partial charge on any atom is 0.167 e. The van der Waals surface area contributed by atoms with Gasteiger partial charge in [0.15, 0.2) is 5.82 Å². The fraction of sp³-hybridized carbons (Fsp3) is 0.417. The zero-order valence-electron chi connectivity index (χ0n) is 11.0. The standard InChI is InChI=1S/C12H17N5O/c1-5-9-6(2)14-12(15-11(9)16-13)10-7(3)17-18-8(10)4/h5,13H2,1-4H3,(H,14,15,16). The number of nitrogen functional groups attached to an aromatic ring is 1. The zero-order chi connectivity index (χ0) is 13.3. The molecular formula is C12H17N5O. The van der Waals surface area contributed by atoms with Crippen LogP contribution in [0, 0.1) is 20.8 Å². The first-order valence-corrected chi connectivity index (χ1v) is 5.85. The Morgan fingerprint density at radius 3 is 2.39 bits per heavy atom. The van der Waals surface area contributed by atoms with Crippen LogP contribution in [-0.4, -0.2) is 15.1 Å². The van der Waals surface area contributed by atoms with Gasteiger partial charge in [-0.25, -0.2) is 15.8 Å². The van der Waals surface area contributed by atoms with Gasteiger partial charge in [-0.3, -0.25) is 0 Å². The maximum absolute atomic E-state index is 5.51. The van der Waals surface area contributed by atoms with E-state index >= 15 is 0 Å². The molecule has 6 nitrogen and oxygen atoms in total. The van der Waals surface area contributed by atoms with Crippen molar-refractivity contribution in [1.82, 2.24) is 15.1 Å². The second-order valence-electron chi connectivity index (χ2n) is 4.16. The number of hydrazine groups is 1. The third-order valence-corrected chi connectivity index (χ3v) is 2.96. The van der Waals surface area contributed by atoms with Crippen molar-refractivity contribution in [2.24, 2.45) is 5.84 Å². The lowest BCUT2D eigenvalue weighted by molar-refractivity contribution is 0.393. The highest BCUT2D eigenvalue weighted by Gasteiger charge is 2.17. The van der Waals surface area contributed by atoms with Gasteiger partial charge in [0.25, 0.3) is 0 Å². The Kier molecular flexibility index (Phi) is 3.29. The van der Waals surface area contributed by atoms with Crippen LogP contribution in [0.4, 0.5) is 5.82 Å². The van der Waals surface area contributed by atoms with Crippen LogP contribution in [0.3, 0.4) is 0 Å². The monoisotopic (exact) mass is 247 g/mol. The summed E-state index contributed by atoms with van der Waals surface area (Å²) in [5.74, 6) is 7.47. The van der Waals surface area contributed by atoms with Crippen LogP contribution in [-0.2, 0) is 6.42 Å². The second-order valence-corrected chi connectivity index (χ2v) is 4.16. The van der Waals surface area contributed by atoms with Crippen LogP contribution in [0.5, 0.6) is 0 Å². The summed E-state index contributed by atoms with van der Waals surface area (Å²) in [4.78, 5) is 8.95. The number of rotatable bonds is 3. The summed E-state index contributed by atoms with van der Waals surface area (Å²) in [7, 11) is 0. The van der Waals surface area contributed by atoms with Gasteiger partial charge >= 0.3 is 0 Å². The fourth-order valence-electron chi connectivity index (χ4n) is 2.05. The van der Waals surface area contributed by atoms with Crippen molar-refractivity contribution < 1.29 is 4.52 Å². The minimum absolute atomic E-state index is 0.592. The summed E-state index contributed by atoms with van der Waals surface area (Å²) in [6, 6.07) is 0. The van der Waals surface area contributed by atoms with Crippen LogP contribution in [0.15, 0.2) is 4.52 Å². The highest BCUT2D eigenvalue weighted by Crippen LogP contribution is 2.26. The molecule has 2 rings (SSSR count). The number of aromatic nitrogens is 3. The molecule has 0 aromatic carbocycles. The molecule has 0 saturated carbocycles. The molecule has 18 heavy (non-hydrogen) atoms. The Balaban J connectivity index is 2.63. The first-order chi connectivity index (χ1) is 8.58. The number of nitrogens with zero attached hydrogens (tertiary/aromatic N) is 3. The van der Waals surface area contributed by atoms with E-state index in [0.29, 0.717) is 17.4 Å². The molecule has 2 heterocycles. The van der Waals surface area contributed by atoms with Crippen LogP contribution >= 0.6 is 0 Å². The molecule has 96 valence electrons. The van der Waals surface area contributed by atoms with E-state index in [1.165, 1.54) is 0 Å². The smallest absolute Gasteiger partial charge is 0.167 e. The number of anilines is 1. The molecule has 6 heteroatoms. The van der Waals surface area contributed by atoms with Crippen molar-refractivity contribution in [2.75, 3.05) is 5.43 Å². The molecule has 0 unspecified atom stereocenters. The van der Waals surface area contributed by atoms with E-state index in [0.717, 1.165) is 28.9 Å². The molecule has 0 saturated heterocycles. The van der Waals surface area contributed by atoms with Gasteiger partial charge in [0.2, 0.25) is 0 Å². The van der Waals surface area contributed by atoms with Gasteiger partial charge in [-0.2, -0.15) is 0 Å². The average molecular weight is 247 g/mol. The van der Waals surface area contributed by atoms with Crippen molar-refractivity contribution in [3.63, 3.8) is 0 Å². The van der Waals surface area contributed by atoms with Gasteiger partial charge in [-0.15, -0.1) is 0 Å². The van der Waals surface area contributed by atoms with Gasteiger partial charge in [0.05, 0.1) is 11.3 Å². The minimum Gasteiger partial charge on any atom is -0.361 e. The SMILES string of the molecule is CCc1c(C)nc(-c2c(C)noc2C)nc1NN. The van der Waals surface area contributed by atoms with E-state index in [1.54, 1.807) is 0 Å². The lowest BCUT2D eigenvalue weighted by atomic mass is 10.1. The van der Waals surface area contributed by atoms with Crippen LogP contribution in [0.1, 0.15) is 29.6 Å². The third-order valence-electron chi connectivity index (χ3n) is 2.96. The van der Waals surface area contributed by atoms with Crippen molar-refractivity contribution in [1.29, 1.82) is 0 Å². The Hall–Kier alpha value is -1.95. The number of aryl methyl sites for hydroxylation is 3. The predicted molar refractivity (Wildman–Crippen MR) is 68.9 cm³/mol. The molecule has 3 N–H and O–H groups in total. The zero-order valence-corrected chi connectivity index (χ0v) is 11.0. The molecule has 0 aliphatic carbocycles.